The van der Waals surface area contributed by atoms with E-state index < -0.39 is 0 Å². The quantitative estimate of drug-likeness (QED) is 0.838. The van der Waals surface area contributed by atoms with Crippen LogP contribution in [0.15, 0.2) is 12.4 Å². The average molecular weight is 304 g/mol. The molecule has 1 N–H and O–H groups in total. The van der Waals surface area contributed by atoms with Gasteiger partial charge in [-0.2, -0.15) is 0 Å². The van der Waals surface area contributed by atoms with Crippen LogP contribution in [-0.4, -0.2) is 46.3 Å². The standard InChI is InChI=1S/C16H24N4O2/c1-3-4-7-17-15(21)13-6-5-8-20(11-13)16(22)14-10-18-12(2)9-19-14/h9-10,13H,3-8,11H2,1-2H3,(H,17,21)/t13-/m1/s1. The molecule has 1 aliphatic heterocycles. The molecule has 6 nitrogen and oxygen atoms in total. The fraction of sp³-hybridized carbons (Fsp3) is 0.625. The average Bonchev–Trinajstić information content (AvgIpc) is 2.55. The molecule has 1 aliphatic rings. The number of nitrogens with one attached hydrogen (secondary N) is 1. The van der Waals surface area contributed by atoms with Crippen molar-refractivity contribution < 1.29 is 9.59 Å². The molecule has 1 saturated heterocycles. The number of amides is 2. The third kappa shape index (κ3) is 4.26. The van der Waals surface area contributed by atoms with Crippen LogP contribution in [0.4, 0.5) is 0 Å². The Balaban J connectivity index is 1.93. The molecule has 1 aromatic rings. The highest BCUT2D eigenvalue weighted by Gasteiger charge is 2.29. The summed E-state index contributed by atoms with van der Waals surface area (Å²) < 4.78 is 0. The molecule has 0 saturated carbocycles. The fourth-order valence-electron chi connectivity index (χ4n) is 2.57. The number of piperidine rings is 1. The number of carbonyl (C=O) groups excluding carboxylic acids is 2. The molecule has 0 aliphatic carbocycles. The van der Waals surface area contributed by atoms with Gasteiger partial charge in [0.15, 0.2) is 0 Å². The minimum absolute atomic E-state index is 0.0564. The number of aryl methyl sites for hydroxylation is 1. The predicted molar refractivity (Wildman–Crippen MR) is 83.3 cm³/mol. The predicted octanol–water partition coefficient (Wildman–Crippen LogP) is 1.55. The molecule has 22 heavy (non-hydrogen) atoms. The first-order valence-electron chi connectivity index (χ1n) is 7.97. The van der Waals surface area contributed by atoms with Crippen LogP contribution in [0.5, 0.6) is 0 Å². The largest absolute Gasteiger partial charge is 0.356 e. The molecule has 6 heteroatoms. The van der Waals surface area contributed by atoms with E-state index in [-0.39, 0.29) is 17.7 Å². The zero-order chi connectivity index (χ0) is 15.9. The van der Waals surface area contributed by atoms with Crippen LogP contribution in [0, 0.1) is 12.8 Å². The third-order valence-corrected chi connectivity index (χ3v) is 3.91. The molecule has 0 aromatic carbocycles. The smallest absolute Gasteiger partial charge is 0.274 e. The molecule has 0 bridgehead atoms. The molecular weight excluding hydrogens is 280 g/mol. The summed E-state index contributed by atoms with van der Waals surface area (Å²) in [5.74, 6) is -0.201. The van der Waals surface area contributed by atoms with Gasteiger partial charge in [-0.3, -0.25) is 14.6 Å². The highest BCUT2D eigenvalue weighted by atomic mass is 16.2. The van der Waals surface area contributed by atoms with Crippen molar-refractivity contribution in [2.24, 2.45) is 5.92 Å². The Morgan fingerprint density at radius 2 is 2.18 bits per heavy atom. The van der Waals surface area contributed by atoms with Crippen molar-refractivity contribution in [1.82, 2.24) is 20.2 Å². The zero-order valence-corrected chi connectivity index (χ0v) is 13.3. The summed E-state index contributed by atoms with van der Waals surface area (Å²) in [7, 11) is 0. The molecule has 0 unspecified atom stereocenters. The lowest BCUT2D eigenvalue weighted by molar-refractivity contribution is -0.126. The Kier molecular flexibility index (Phi) is 5.86. The number of aromatic nitrogens is 2. The Hall–Kier alpha value is -1.98. The summed E-state index contributed by atoms with van der Waals surface area (Å²) in [5.41, 5.74) is 1.13. The molecule has 120 valence electrons. The monoisotopic (exact) mass is 304 g/mol. The molecule has 2 amide bonds. The summed E-state index contributed by atoms with van der Waals surface area (Å²) in [6.45, 7) is 5.78. The van der Waals surface area contributed by atoms with Crippen molar-refractivity contribution in [1.29, 1.82) is 0 Å². The van der Waals surface area contributed by atoms with E-state index >= 15 is 0 Å². The molecule has 1 aromatic heterocycles. The summed E-state index contributed by atoms with van der Waals surface area (Å²) in [6, 6.07) is 0. The maximum absolute atomic E-state index is 12.4. The van der Waals surface area contributed by atoms with E-state index in [1.54, 1.807) is 11.1 Å². The molecule has 1 atom stereocenters. The van der Waals surface area contributed by atoms with Crippen LogP contribution in [0.2, 0.25) is 0 Å². The van der Waals surface area contributed by atoms with Crippen molar-refractivity contribution >= 4 is 11.8 Å². The number of carbonyl (C=O) groups is 2. The Bertz CT molecular complexity index is 515. The van der Waals surface area contributed by atoms with Gasteiger partial charge in [-0.25, -0.2) is 4.98 Å². The van der Waals surface area contributed by atoms with E-state index in [0.717, 1.165) is 31.4 Å². The first-order valence-corrected chi connectivity index (χ1v) is 7.97. The van der Waals surface area contributed by atoms with Crippen LogP contribution in [0.1, 0.15) is 48.8 Å². The molecule has 2 rings (SSSR count). The van der Waals surface area contributed by atoms with Crippen LogP contribution >= 0.6 is 0 Å². The van der Waals surface area contributed by atoms with Gasteiger partial charge < -0.3 is 10.2 Å². The van der Waals surface area contributed by atoms with Crippen LogP contribution in [0.3, 0.4) is 0 Å². The first-order chi connectivity index (χ1) is 10.6. The van der Waals surface area contributed by atoms with Crippen LogP contribution in [0.25, 0.3) is 0 Å². The van der Waals surface area contributed by atoms with E-state index in [2.05, 4.69) is 22.2 Å². The van der Waals surface area contributed by atoms with E-state index in [1.165, 1.54) is 6.20 Å². The third-order valence-electron chi connectivity index (χ3n) is 3.91. The summed E-state index contributed by atoms with van der Waals surface area (Å²) in [5, 5.41) is 2.96. The highest BCUT2D eigenvalue weighted by molar-refractivity contribution is 5.92. The molecule has 2 heterocycles. The van der Waals surface area contributed by atoms with Gasteiger partial charge >= 0.3 is 0 Å². The van der Waals surface area contributed by atoms with Crippen molar-refractivity contribution in [3.63, 3.8) is 0 Å². The summed E-state index contributed by atoms with van der Waals surface area (Å²) in [6.07, 6.45) is 6.81. The van der Waals surface area contributed by atoms with E-state index in [0.29, 0.717) is 25.3 Å². The van der Waals surface area contributed by atoms with Crippen molar-refractivity contribution in [2.75, 3.05) is 19.6 Å². The SMILES string of the molecule is CCCCNC(=O)[C@@H]1CCCN(C(=O)c2cnc(C)cn2)C1. The van der Waals surface area contributed by atoms with Crippen molar-refractivity contribution in [3.8, 4) is 0 Å². The number of unbranched alkanes of at least 4 members (excludes halogenated alkanes) is 1. The van der Waals surface area contributed by atoms with Crippen molar-refractivity contribution in [2.45, 2.75) is 39.5 Å². The number of rotatable bonds is 5. The van der Waals surface area contributed by atoms with Gasteiger partial charge in [0, 0.05) is 25.8 Å². The maximum Gasteiger partial charge on any atom is 0.274 e. The normalized spacial score (nSPS) is 18.1. The minimum atomic E-state index is -0.140. The van der Waals surface area contributed by atoms with Crippen molar-refractivity contribution in [3.05, 3.63) is 23.8 Å². The Morgan fingerprint density at radius 1 is 1.36 bits per heavy atom. The lowest BCUT2D eigenvalue weighted by Gasteiger charge is -2.31. The first kappa shape index (κ1) is 16.4. The second-order valence-corrected chi connectivity index (χ2v) is 5.78. The van der Waals surface area contributed by atoms with E-state index in [1.807, 2.05) is 6.92 Å². The Labute approximate surface area is 131 Å². The number of hydrogen-bond donors (Lipinski definition) is 1. The zero-order valence-electron chi connectivity index (χ0n) is 13.3. The number of likely N-dealkylation sites (tertiary alicyclic amines) is 1. The lowest BCUT2D eigenvalue weighted by Crippen LogP contribution is -2.45. The van der Waals surface area contributed by atoms with Gasteiger partial charge in [-0.1, -0.05) is 13.3 Å². The van der Waals surface area contributed by atoms with Gasteiger partial charge in [0.25, 0.3) is 5.91 Å². The molecule has 0 spiro atoms. The van der Waals surface area contributed by atoms with Gasteiger partial charge in [-0.15, -0.1) is 0 Å². The molecule has 1 fully saturated rings. The summed E-state index contributed by atoms with van der Waals surface area (Å²) in [4.78, 5) is 34.5. The Morgan fingerprint density at radius 3 is 2.86 bits per heavy atom. The van der Waals surface area contributed by atoms with Gasteiger partial charge in [-0.05, 0) is 26.2 Å². The number of hydrogen-bond acceptors (Lipinski definition) is 4. The van der Waals surface area contributed by atoms with Gasteiger partial charge in [0.1, 0.15) is 5.69 Å². The molecular formula is C16H24N4O2. The minimum Gasteiger partial charge on any atom is -0.356 e. The van der Waals surface area contributed by atoms with Crippen LogP contribution < -0.4 is 5.32 Å². The van der Waals surface area contributed by atoms with E-state index in [4.69, 9.17) is 0 Å². The lowest BCUT2D eigenvalue weighted by atomic mass is 9.97. The van der Waals surface area contributed by atoms with Gasteiger partial charge in [0.2, 0.25) is 5.91 Å². The van der Waals surface area contributed by atoms with E-state index in [9.17, 15) is 9.59 Å². The maximum atomic E-state index is 12.4. The van der Waals surface area contributed by atoms with Crippen LogP contribution in [-0.2, 0) is 4.79 Å². The second kappa shape index (κ2) is 7.87. The molecule has 0 radical (unpaired) electrons. The second-order valence-electron chi connectivity index (χ2n) is 5.78. The highest BCUT2D eigenvalue weighted by Crippen LogP contribution is 2.18. The summed E-state index contributed by atoms with van der Waals surface area (Å²) >= 11 is 0. The van der Waals surface area contributed by atoms with Gasteiger partial charge in [0.05, 0.1) is 17.8 Å². The number of nitrogens with zero attached hydrogens (tertiary/aromatic N) is 3. The topological polar surface area (TPSA) is 75.2 Å². The fourth-order valence-corrected chi connectivity index (χ4v) is 2.57.